The van der Waals surface area contributed by atoms with Gasteiger partial charge >= 0.3 is 6.09 Å². The molecule has 0 saturated heterocycles. The van der Waals surface area contributed by atoms with Gasteiger partial charge in [-0.15, -0.1) is 0 Å². The van der Waals surface area contributed by atoms with Crippen molar-refractivity contribution in [3.05, 3.63) is 90.0 Å². The first-order valence-electron chi connectivity index (χ1n) is 7.99. The average molecular weight is 333 g/mol. The molecule has 0 aliphatic carbocycles. The second-order valence-corrected chi connectivity index (χ2v) is 5.51. The first-order valence-corrected chi connectivity index (χ1v) is 7.99. The Hall–Kier alpha value is -3.27. The molecular formula is C21H19NO3. The molecule has 0 heterocycles. The molecule has 3 aromatic rings. The Morgan fingerprint density at radius 1 is 0.880 bits per heavy atom. The van der Waals surface area contributed by atoms with E-state index in [0.29, 0.717) is 17.9 Å². The summed E-state index contributed by atoms with van der Waals surface area (Å²) >= 11 is 0. The van der Waals surface area contributed by atoms with Crippen molar-refractivity contribution in [2.24, 2.45) is 0 Å². The van der Waals surface area contributed by atoms with Crippen molar-refractivity contribution in [1.29, 1.82) is 0 Å². The number of benzene rings is 3. The van der Waals surface area contributed by atoms with Gasteiger partial charge in [-0.25, -0.2) is 4.79 Å². The van der Waals surface area contributed by atoms with Crippen LogP contribution in [-0.4, -0.2) is 13.2 Å². The highest BCUT2D eigenvalue weighted by Crippen LogP contribution is 2.22. The summed E-state index contributed by atoms with van der Waals surface area (Å²) in [5.74, 6) is 1.28. The minimum Gasteiger partial charge on any atom is -0.497 e. The van der Waals surface area contributed by atoms with Crippen molar-refractivity contribution in [2.45, 2.75) is 6.42 Å². The smallest absolute Gasteiger partial charge is 0.417 e. The van der Waals surface area contributed by atoms with E-state index in [1.807, 2.05) is 48.5 Å². The molecule has 0 unspecified atom stereocenters. The van der Waals surface area contributed by atoms with E-state index in [-0.39, 0.29) is 0 Å². The maximum atomic E-state index is 12.2. The van der Waals surface area contributed by atoms with Crippen LogP contribution < -0.4 is 14.8 Å². The number of anilines is 1. The van der Waals surface area contributed by atoms with Crippen LogP contribution in [0.2, 0.25) is 0 Å². The minimum atomic E-state index is -0.523. The quantitative estimate of drug-likeness (QED) is 0.722. The SMILES string of the molecule is COc1ccc(NC(=O)Oc2ccccc2Cc2ccccc2)cc1. The molecule has 126 valence electrons. The third-order valence-corrected chi connectivity index (χ3v) is 3.75. The molecular weight excluding hydrogens is 314 g/mol. The average Bonchev–Trinajstić information content (AvgIpc) is 2.65. The predicted molar refractivity (Wildman–Crippen MR) is 98.3 cm³/mol. The highest BCUT2D eigenvalue weighted by atomic mass is 16.6. The van der Waals surface area contributed by atoms with E-state index in [9.17, 15) is 4.79 Å². The lowest BCUT2D eigenvalue weighted by Crippen LogP contribution is -2.17. The van der Waals surface area contributed by atoms with Crippen LogP contribution in [0.1, 0.15) is 11.1 Å². The van der Waals surface area contributed by atoms with Crippen LogP contribution in [0, 0.1) is 0 Å². The molecule has 0 fully saturated rings. The monoisotopic (exact) mass is 333 g/mol. The Labute approximate surface area is 147 Å². The van der Waals surface area contributed by atoms with Gasteiger partial charge in [-0.05, 0) is 41.5 Å². The molecule has 0 aromatic heterocycles. The number of rotatable bonds is 5. The number of hydrogen-bond acceptors (Lipinski definition) is 3. The van der Waals surface area contributed by atoms with Crippen molar-refractivity contribution in [3.63, 3.8) is 0 Å². The molecule has 4 nitrogen and oxygen atoms in total. The van der Waals surface area contributed by atoms with Gasteiger partial charge in [0.05, 0.1) is 7.11 Å². The Morgan fingerprint density at radius 3 is 2.28 bits per heavy atom. The molecule has 0 saturated carbocycles. The Morgan fingerprint density at radius 2 is 1.56 bits per heavy atom. The number of para-hydroxylation sites is 1. The van der Waals surface area contributed by atoms with Gasteiger partial charge in [-0.1, -0.05) is 48.5 Å². The Balaban J connectivity index is 1.68. The standard InChI is InChI=1S/C21H19NO3/c1-24-19-13-11-18(12-14-19)22-21(23)25-20-10-6-5-9-17(20)15-16-7-3-2-4-8-16/h2-14H,15H2,1H3,(H,22,23). The zero-order valence-corrected chi connectivity index (χ0v) is 13.9. The summed E-state index contributed by atoms with van der Waals surface area (Å²) in [6.45, 7) is 0. The molecule has 1 N–H and O–H groups in total. The Kier molecular flexibility index (Phi) is 5.32. The number of carbonyl (C=O) groups is 1. The summed E-state index contributed by atoms with van der Waals surface area (Å²) in [5, 5.41) is 2.72. The molecule has 25 heavy (non-hydrogen) atoms. The van der Waals surface area contributed by atoms with Crippen LogP contribution in [0.4, 0.5) is 10.5 Å². The van der Waals surface area contributed by atoms with E-state index >= 15 is 0 Å². The molecule has 0 bridgehead atoms. The first-order chi connectivity index (χ1) is 12.2. The zero-order valence-electron chi connectivity index (χ0n) is 13.9. The first kappa shape index (κ1) is 16.6. The number of ether oxygens (including phenoxy) is 2. The molecule has 0 aliphatic heterocycles. The van der Waals surface area contributed by atoms with Gasteiger partial charge < -0.3 is 9.47 Å². The molecule has 3 aromatic carbocycles. The summed E-state index contributed by atoms with van der Waals surface area (Å²) in [7, 11) is 1.60. The topological polar surface area (TPSA) is 47.6 Å². The summed E-state index contributed by atoms with van der Waals surface area (Å²) in [4.78, 5) is 12.2. The van der Waals surface area contributed by atoms with Crippen LogP contribution in [-0.2, 0) is 6.42 Å². The van der Waals surface area contributed by atoms with E-state index in [0.717, 1.165) is 16.9 Å². The van der Waals surface area contributed by atoms with Gasteiger partial charge in [-0.2, -0.15) is 0 Å². The van der Waals surface area contributed by atoms with Crippen LogP contribution >= 0.6 is 0 Å². The highest BCUT2D eigenvalue weighted by molar-refractivity contribution is 5.86. The fourth-order valence-electron chi connectivity index (χ4n) is 2.48. The van der Waals surface area contributed by atoms with E-state index in [4.69, 9.17) is 9.47 Å². The van der Waals surface area contributed by atoms with Gasteiger partial charge in [0.25, 0.3) is 0 Å². The third kappa shape index (κ3) is 4.61. The van der Waals surface area contributed by atoms with Gasteiger partial charge in [0.2, 0.25) is 0 Å². The van der Waals surface area contributed by atoms with Crippen LogP contribution in [0.15, 0.2) is 78.9 Å². The maximum absolute atomic E-state index is 12.2. The summed E-state index contributed by atoms with van der Waals surface area (Å²) in [6, 6.07) is 24.7. The van der Waals surface area contributed by atoms with Gasteiger partial charge in [0.15, 0.2) is 0 Å². The van der Waals surface area contributed by atoms with Crippen LogP contribution in [0.3, 0.4) is 0 Å². The lowest BCUT2D eigenvalue weighted by Gasteiger charge is -2.11. The van der Waals surface area contributed by atoms with Crippen molar-refractivity contribution in [2.75, 3.05) is 12.4 Å². The Bertz CT molecular complexity index is 829. The lowest BCUT2D eigenvalue weighted by molar-refractivity contribution is 0.215. The number of amides is 1. The van der Waals surface area contributed by atoms with E-state index in [1.54, 1.807) is 37.4 Å². The molecule has 4 heteroatoms. The summed E-state index contributed by atoms with van der Waals surface area (Å²) in [5.41, 5.74) is 2.76. The van der Waals surface area contributed by atoms with Gasteiger partial charge in [0, 0.05) is 12.1 Å². The van der Waals surface area contributed by atoms with E-state index in [1.165, 1.54) is 0 Å². The molecule has 0 atom stereocenters. The number of nitrogens with one attached hydrogen (secondary N) is 1. The van der Waals surface area contributed by atoms with Gasteiger partial charge in [-0.3, -0.25) is 5.32 Å². The maximum Gasteiger partial charge on any atom is 0.417 e. The van der Waals surface area contributed by atoms with Crippen LogP contribution in [0.25, 0.3) is 0 Å². The van der Waals surface area contributed by atoms with E-state index < -0.39 is 6.09 Å². The van der Waals surface area contributed by atoms with Gasteiger partial charge in [0.1, 0.15) is 11.5 Å². The van der Waals surface area contributed by atoms with E-state index in [2.05, 4.69) is 5.32 Å². The fourth-order valence-corrected chi connectivity index (χ4v) is 2.48. The largest absolute Gasteiger partial charge is 0.497 e. The second-order valence-electron chi connectivity index (χ2n) is 5.51. The number of hydrogen-bond donors (Lipinski definition) is 1. The minimum absolute atomic E-state index is 0.523. The molecule has 0 aliphatic rings. The summed E-state index contributed by atoms with van der Waals surface area (Å²) in [6.07, 6.45) is 0.179. The number of carbonyl (C=O) groups excluding carboxylic acids is 1. The van der Waals surface area contributed by atoms with Crippen molar-refractivity contribution >= 4 is 11.8 Å². The normalized spacial score (nSPS) is 10.1. The fraction of sp³-hybridized carbons (Fsp3) is 0.0952. The summed E-state index contributed by atoms with van der Waals surface area (Å²) < 4.78 is 10.6. The molecule has 1 amide bonds. The van der Waals surface area contributed by atoms with Crippen molar-refractivity contribution < 1.29 is 14.3 Å². The predicted octanol–water partition coefficient (Wildman–Crippen LogP) is 4.90. The van der Waals surface area contributed by atoms with Crippen LogP contribution in [0.5, 0.6) is 11.5 Å². The molecule has 3 rings (SSSR count). The number of methoxy groups -OCH3 is 1. The third-order valence-electron chi connectivity index (χ3n) is 3.75. The van der Waals surface area contributed by atoms with Crippen molar-refractivity contribution in [1.82, 2.24) is 0 Å². The zero-order chi connectivity index (χ0) is 17.5. The molecule has 0 radical (unpaired) electrons. The second kappa shape index (κ2) is 8.02. The lowest BCUT2D eigenvalue weighted by atomic mass is 10.0. The van der Waals surface area contributed by atoms with Crippen molar-refractivity contribution in [3.8, 4) is 11.5 Å². The molecule has 0 spiro atoms. The highest BCUT2D eigenvalue weighted by Gasteiger charge is 2.10.